The smallest absolute Gasteiger partial charge is 0.0160 e. The van der Waals surface area contributed by atoms with E-state index < -0.39 is 0 Å². The summed E-state index contributed by atoms with van der Waals surface area (Å²) >= 11 is 5.41. The van der Waals surface area contributed by atoms with Crippen LogP contribution in [0, 0.1) is 29.1 Å². The first-order valence-electron chi connectivity index (χ1n) is 10.2. The second-order valence-electron chi connectivity index (χ2n) is 9.45. The Hall–Kier alpha value is 0.350. The van der Waals surface area contributed by atoms with E-state index in [4.69, 9.17) is 12.6 Å². The van der Waals surface area contributed by atoms with E-state index in [2.05, 4.69) is 20.8 Å². The van der Waals surface area contributed by atoms with Crippen molar-refractivity contribution >= 4 is 12.6 Å². The van der Waals surface area contributed by atoms with Gasteiger partial charge in [0.1, 0.15) is 0 Å². The van der Waals surface area contributed by atoms with Gasteiger partial charge in [0.2, 0.25) is 0 Å². The lowest BCUT2D eigenvalue weighted by molar-refractivity contribution is 0.175. The predicted molar refractivity (Wildman–Crippen MR) is 101 cm³/mol. The highest BCUT2D eigenvalue weighted by molar-refractivity contribution is 7.81. The minimum atomic E-state index is 0.348. The summed E-state index contributed by atoms with van der Waals surface area (Å²) in [5.74, 6) is 3.66. The van der Waals surface area contributed by atoms with Crippen LogP contribution in [0.3, 0.4) is 0 Å². The highest BCUT2D eigenvalue weighted by atomic mass is 32.1. The summed E-state index contributed by atoms with van der Waals surface area (Å²) in [6.45, 7) is 7.40. The highest BCUT2D eigenvalue weighted by Gasteiger charge is 2.48. The molecular weight excluding hydrogens is 284 g/mol. The van der Waals surface area contributed by atoms with Crippen LogP contribution in [-0.2, 0) is 0 Å². The topological polar surface area (TPSA) is 0 Å². The van der Waals surface area contributed by atoms with E-state index in [1.165, 1.54) is 77.0 Å². The Labute approximate surface area is 144 Å². The zero-order valence-electron chi connectivity index (χ0n) is 15.2. The average Bonchev–Trinajstić information content (AvgIpc) is 3.23. The van der Waals surface area contributed by atoms with Crippen LogP contribution in [0.4, 0.5) is 0 Å². The molecule has 5 atom stereocenters. The van der Waals surface area contributed by atoms with Gasteiger partial charge < -0.3 is 0 Å². The molecule has 0 heterocycles. The average molecular weight is 323 g/mol. The van der Waals surface area contributed by atoms with Crippen LogP contribution < -0.4 is 0 Å². The monoisotopic (exact) mass is 322 g/mol. The molecule has 128 valence electrons. The molecule has 0 saturated heterocycles. The largest absolute Gasteiger partial charge is 0.172 e. The minimum absolute atomic E-state index is 0.348. The van der Waals surface area contributed by atoms with Crippen molar-refractivity contribution in [2.75, 3.05) is 0 Å². The van der Waals surface area contributed by atoms with Crippen LogP contribution in [0.5, 0.6) is 0 Å². The fourth-order valence-electron chi connectivity index (χ4n) is 5.60. The molecule has 5 unspecified atom stereocenters. The molecule has 3 saturated carbocycles. The minimum Gasteiger partial charge on any atom is -0.172 e. The van der Waals surface area contributed by atoms with Gasteiger partial charge in [-0.05, 0) is 80.5 Å². The molecule has 22 heavy (non-hydrogen) atoms. The van der Waals surface area contributed by atoms with Gasteiger partial charge in [0.15, 0.2) is 0 Å². The maximum atomic E-state index is 5.41. The van der Waals surface area contributed by atoms with E-state index in [9.17, 15) is 0 Å². The zero-order chi connectivity index (χ0) is 15.8. The molecule has 1 heteroatoms. The Morgan fingerprint density at radius 3 is 2.27 bits per heavy atom. The van der Waals surface area contributed by atoms with Gasteiger partial charge in [-0.3, -0.25) is 0 Å². The quantitative estimate of drug-likeness (QED) is 0.499. The Bertz CT molecular complexity index is 372. The Morgan fingerprint density at radius 1 is 0.864 bits per heavy atom. The van der Waals surface area contributed by atoms with Gasteiger partial charge >= 0.3 is 0 Å². The number of fused-ring (bicyclic) bond motifs is 1. The van der Waals surface area contributed by atoms with Crippen LogP contribution in [0.2, 0.25) is 0 Å². The van der Waals surface area contributed by atoms with E-state index in [1.807, 2.05) is 0 Å². The Kier molecular flexibility index (Phi) is 5.23. The molecule has 0 radical (unpaired) electrons. The van der Waals surface area contributed by atoms with Crippen molar-refractivity contribution in [1.29, 1.82) is 0 Å². The van der Waals surface area contributed by atoms with Crippen molar-refractivity contribution in [3.8, 4) is 0 Å². The SMILES string of the molecule is CCC1CC2(CCC3CCC(C)C(C)CCCC3(S)C1)CC2. The first kappa shape index (κ1) is 17.2. The van der Waals surface area contributed by atoms with E-state index in [-0.39, 0.29) is 0 Å². The maximum Gasteiger partial charge on any atom is 0.0160 e. The molecule has 1 spiro atoms. The van der Waals surface area contributed by atoms with Gasteiger partial charge in [-0.1, -0.05) is 46.5 Å². The van der Waals surface area contributed by atoms with Gasteiger partial charge in [-0.15, -0.1) is 0 Å². The van der Waals surface area contributed by atoms with Gasteiger partial charge in [0.25, 0.3) is 0 Å². The van der Waals surface area contributed by atoms with Gasteiger partial charge in [0.05, 0.1) is 0 Å². The maximum absolute atomic E-state index is 5.41. The van der Waals surface area contributed by atoms with Crippen LogP contribution in [0.15, 0.2) is 0 Å². The molecule has 0 aliphatic heterocycles. The lowest BCUT2D eigenvalue weighted by Crippen LogP contribution is -2.37. The van der Waals surface area contributed by atoms with Crippen LogP contribution in [-0.4, -0.2) is 4.75 Å². The van der Waals surface area contributed by atoms with E-state index >= 15 is 0 Å². The molecule has 0 bridgehead atoms. The van der Waals surface area contributed by atoms with Crippen molar-refractivity contribution in [2.45, 2.75) is 103 Å². The van der Waals surface area contributed by atoms with Crippen LogP contribution in [0.1, 0.15) is 97.8 Å². The van der Waals surface area contributed by atoms with Crippen LogP contribution >= 0.6 is 12.6 Å². The predicted octanol–water partition coefficient (Wildman–Crippen LogP) is 6.89. The number of rotatable bonds is 1. The van der Waals surface area contributed by atoms with Gasteiger partial charge in [-0.25, -0.2) is 0 Å². The van der Waals surface area contributed by atoms with Crippen molar-refractivity contribution in [2.24, 2.45) is 29.1 Å². The molecule has 0 aromatic rings. The molecule has 3 fully saturated rings. The molecule has 3 rings (SSSR count). The molecule has 0 aromatic heterocycles. The first-order chi connectivity index (χ1) is 10.5. The summed E-state index contributed by atoms with van der Waals surface area (Å²) in [4.78, 5) is 0. The summed E-state index contributed by atoms with van der Waals surface area (Å²) in [6.07, 6.45) is 17.5. The second kappa shape index (κ2) is 6.69. The zero-order valence-corrected chi connectivity index (χ0v) is 16.1. The summed E-state index contributed by atoms with van der Waals surface area (Å²) in [5.41, 5.74) is 0.785. The summed E-state index contributed by atoms with van der Waals surface area (Å²) in [7, 11) is 0. The summed E-state index contributed by atoms with van der Waals surface area (Å²) in [5, 5.41) is 0. The number of hydrogen-bond acceptors (Lipinski definition) is 1. The van der Waals surface area contributed by atoms with Crippen molar-refractivity contribution in [3.63, 3.8) is 0 Å². The van der Waals surface area contributed by atoms with Crippen molar-refractivity contribution in [3.05, 3.63) is 0 Å². The van der Waals surface area contributed by atoms with E-state index in [0.29, 0.717) is 4.75 Å². The molecule has 0 nitrogen and oxygen atoms in total. The third-order valence-electron chi connectivity index (χ3n) is 7.89. The molecule has 0 aromatic carbocycles. The fraction of sp³-hybridized carbons (Fsp3) is 1.00. The fourth-order valence-corrected chi connectivity index (χ4v) is 6.28. The van der Waals surface area contributed by atoms with E-state index in [1.54, 1.807) is 0 Å². The van der Waals surface area contributed by atoms with E-state index in [0.717, 1.165) is 29.1 Å². The standard InChI is InChI=1S/C21H38S/c1-4-18-14-20(12-13-20)11-9-19-8-7-17(3)16(2)6-5-10-21(19,22)15-18/h16-19,22H,4-15H2,1-3H3. The summed E-state index contributed by atoms with van der Waals surface area (Å²) in [6, 6.07) is 0. The normalized spacial score (nSPS) is 45.8. The molecule has 0 N–H and O–H groups in total. The van der Waals surface area contributed by atoms with Crippen LogP contribution in [0.25, 0.3) is 0 Å². The molecule has 3 aliphatic carbocycles. The number of thiol groups is 1. The first-order valence-corrected chi connectivity index (χ1v) is 10.6. The van der Waals surface area contributed by atoms with Crippen molar-refractivity contribution in [1.82, 2.24) is 0 Å². The highest BCUT2D eigenvalue weighted by Crippen LogP contribution is 2.59. The molecule has 0 amide bonds. The molecular formula is C21H38S. The third-order valence-corrected chi connectivity index (χ3v) is 8.66. The Morgan fingerprint density at radius 2 is 1.59 bits per heavy atom. The summed E-state index contributed by atoms with van der Waals surface area (Å²) < 4.78 is 0.348. The van der Waals surface area contributed by atoms with Gasteiger partial charge in [0, 0.05) is 4.75 Å². The van der Waals surface area contributed by atoms with Gasteiger partial charge in [-0.2, -0.15) is 12.6 Å². The van der Waals surface area contributed by atoms with Crippen molar-refractivity contribution < 1.29 is 0 Å². The Balaban J connectivity index is 1.78. The third kappa shape index (κ3) is 3.70. The second-order valence-corrected chi connectivity index (χ2v) is 10.3. The number of hydrogen-bond donors (Lipinski definition) is 1. The molecule has 3 aliphatic rings. The lowest BCUT2D eigenvalue weighted by atomic mass is 9.69. The lowest BCUT2D eigenvalue weighted by Gasteiger charge is -2.43.